The van der Waals surface area contributed by atoms with E-state index in [0.29, 0.717) is 0 Å². The van der Waals surface area contributed by atoms with Crippen molar-refractivity contribution in [2.75, 3.05) is 0 Å². The van der Waals surface area contributed by atoms with Crippen molar-refractivity contribution in [3.05, 3.63) is 142 Å². The van der Waals surface area contributed by atoms with Gasteiger partial charge in [0.25, 0.3) is 0 Å². The second-order valence-electron chi connectivity index (χ2n) is 9.60. The van der Waals surface area contributed by atoms with Crippen LogP contribution in [0.3, 0.4) is 0 Å². The van der Waals surface area contributed by atoms with Gasteiger partial charge in [-0.1, -0.05) is 97.1 Å². The van der Waals surface area contributed by atoms with E-state index in [1.165, 1.54) is 55.6 Å². The molecule has 0 heterocycles. The quantitative estimate of drug-likeness (QED) is 0.289. The van der Waals surface area contributed by atoms with Crippen LogP contribution in [0.15, 0.2) is 86.0 Å². The summed E-state index contributed by atoms with van der Waals surface area (Å²) in [5.74, 6) is 0. The van der Waals surface area contributed by atoms with Crippen LogP contribution in [0.1, 0.15) is 55.6 Å². The Morgan fingerprint density at radius 3 is 1.09 bits per heavy atom. The summed E-state index contributed by atoms with van der Waals surface area (Å²) in [5.41, 5.74) is 16.9. The molecule has 170 valence electrons. The minimum Gasteiger partial charge on any atom is -0.0905 e. The molecule has 0 saturated heterocycles. The molecular formula is C34H34. The highest BCUT2D eigenvalue weighted by molar-refractivity contribution is 5.95. The average molecular weight is 443 g/mol. The molecular weight excluding hydrogens is 408 g/mol. The summed E-state index contributed by atoms with van der Waals surface area (Å²) in [6, 6.07) is 26.2. The second-order valence-corrected chi connectivity index (χ2v) is 9.60. The van der Waals surface area contributed by atoms with Crippen LogP contribution >= 0.6 is 0 Å². The van der Waals surface area contributed by atoms with E-state index >= 15 is 0 Å². The van der Waals surface area contributed by atoms with Crippen molar-refractivity contribution in [3.8, 4) is 11.1 Å². The topological polar surface area (TPSA) is 0 Å². The Labute approximate surface area is 205 Å². The van der Waals surface area contributed by atoms with Crippen molar-refractivity contribution in [1.29, 1.82) is 0 Å². The standard InChI is InChI=1S/C34H34/c1-21-17-23(3)33(24(4)18-21)27(7)29-13-9-11-15-31(29)32-16-12-10-14-30(32)28(8)34-25(5)19-22(2)20-26(34)6/h9-20H,7-8H2,1-6H3. The Balaban J connectivity index is 1.89. The third kappa shape index (κ3) is 4.29. The van der Waals surface area contributed by atoms with E-state index in [2.05, 4.69) is 127 Å². The summed E-state index contributed by atoms with van der Waals surface area (Å²) < 4.78 is 0. The van der Waals surface area contributed by atoms with Crippen molar-refractivity contribution in [2.24, 2.45) is 0 Å². The molecule has 0 aliphatic rings. The highest BCUT2D eigenvalue weighted by Gasteiger charge is 2.18. The van der Waals surface area contributed by atoms with Gasteiger partial charge >= 0.3 is 0 Å². The summed E-state index contributed by atoms with van der Waals surface area (Å²) in [7, 11) is 0. The first-order chi connectivity index (χ1) is 16.2. The third-order valence-corrected chi connectivity index (χ3v) is 6.75. The Morgan fingerprint density at radius 1 is 0.471 bits per heavy atom. The molecule has 0 nitrogen and oxygen atoms in total. The van der Waals surface area contributed by atoms with E-state index in [0.717, 1.165) is 22.3 Å². The normalized spacial score (nSPS) is 10.9. The lowest BCUT2D eigenvalue weighted by atomic mass is 9.83. The van der Waals surface area contributed by atoms with Crippen LogP contribution in [-0.4, -0.2) is 0 Å². The van der Waals surface area contributed by atoms with Crippen LogP contribution in [0, 0.1) is 41.5 Å². The zero-order valence-corrected chi connectivity index (χ0v) is 21.3. The lowest BCUT2D eigenvalue weighted by Gasteiger charge is -2.21. The maximum absolute atomic E-state index is 4.58. The summed E-state index contributed by atoms with van der Waals surface area (Å²) in [6.45, 7) is 22.2. The summed E-state index contributed by atoms with van der Waals surface area (Å²) in [5, 5.41) is 0. The Hall–Kier alpha value is -3.64. The van der Waals surface area contributed by atoms with Crippen LogP contribution in [0.25, 0.3) is 22.3 Å². The molecule has 0 radical (unpaired) electrons. The Kier molecular flexibility index (Phi) is 6.44. The number of hydrogen-bond donors (Lipinski definition) is 0. The predicted octanol–water partition coefficient (Wildman–Crippen LogP) is 9.33. The zero-order chi connectivity index (χ0) is 24.6. The van der Waals surface area contributed by atoms with Gasteiger partial charge in [-0.25, -0.2) is 0 Å². The molecule has 0 aliphatic carbocycles. The van der Waals surface area contributed by atoms with Gasteiger partial charge in [-0.05, 0) is 108 Å². The first kappa shape index (κ1) is 23.5. The molecule has 0 bridgehead atoms. The molecule has 0 spiro atoms. The fraction of sp³-hybridized carbons (Fsp3) is 0.176. The van der Waals surface area contributed by atoms with Gasteiger partial charge in [-0.15, -0.1) is 0 Å². The fourth-order valence-electron chi connectivity index (χ4n) is 5.54. The molecule has 0 atom stereocenters. The van der Waals surface area contributed by atoms with Gasteiger partial charge in [0, 0.05) is 0 Å². The lowest BCUT2D eigenvalue weighted by molar-refractivity contribution is 1.28. The molecule has 0 saturated carbocycles. The number of benzene rings is 4. The SMILES string of the molecule is C=C(c1ccccc1-c1ccccc1C(=C)c1c(C)cc(C)cc1C)c1c(C)cc(C)cc1C. The van der Waals surface area contributed by atoms with Crippen LogP contribution < -0.4 is 0 Å². The van der Waals surface area contributed by atoms with Crippen molar-refractivity contribution < 1.29 is 0 Å². The molecule has 0 N–H and O–H groups in total. The molecule has 0 aromatic heterocycles. The maximum Gasteiger partial charge on any atom is -0.00992 e. The van der Waals surface area contributed by atoms with Gasteiger partial charge in [0.05, 0.1) is 0 Å². The smallest absolute Gasteiger partial charge is 0.00992 e. The Bertz CT molecular complexity index is 1270. The largest absolute Gasteiger partial charge is 0.0905 e. The summed E-state index contributed by atoms with van der Waals surface area (Å²) >= 11 is 0. The molecule has 0 amide bonds. The monoisotopic (exact) mass is 442 g/mol. The van der Waals surface area contributed by atoms with Crippen LogP contribution in [0.5, 0.6) is 0 Å². The summed E-state index contributed by atoms with van der Waals surface area (Å²) in [6.07, 6.45) is 0. The van der Waals surface area contributed by atoms with E-state index in [9.17, 15) is 0 Å². The second kappa shape index (κ2) is 9.31. The first-order valence-electron chi connectivity index (χ1n) is 11.9. The van der Waals surface area contributed by atoms with Gasteiger partial charge in [0.15, 0.2) is 0 Å². The van der Waals surface area contributed by atoms with Crippen molar-refractivity contribution in [2.45, 2.75) is 41.5 Å². The van der Waals surface area contributed by atoms with Crippen molar-refractivity contribution in [3.63, 3.8) is 0 Å². The minimum absolute atomic E-state index is 1.06. The number of hydrogen-bond acceptors (Lipinski definition) is 0. The molecule has 34 heavy (non-hydrogen) atoms. The summed E-state index contributed by atoms with van der Waals surface area (Å²) in [4.78, 5) is 0. The van der Waals surface area contributed by atoms with Crippen molar-refractivity contribution in [1.82, 2.24) is 0 Å². The maximum atomic E-state index is 4.58. The van der Waals surface area contributed by atoms with Crippen LogP contribution in [-0.2, 0) is 0 Å². The van der Waals surface area contributed by atoms with Gasteiger partial charge in [0.1, 0.15) is 0 Å². The van der Waals surface area contributed by atoms with E-state index in [4.69, 9.17) is 0 Å². The van der Waals surface area contributed by atoms with Gasteiger partial charge in [0.2, 0.25) is 0 Å². The number of aryl methyl sites for hydroxylation is 6. The molecule has 4 rings (SSSR count). The lowest BCUT2D eigenvalue weighted by Crippen LogP contribution is -2.00. The molecule has 0 unspecified atom stereocenters. The molecule has 4 aromatic carbocycles. The highest BCUT2D eigenvalue weighted by atomic mass is 14.2. The molecule has 0 fully saturated rings. The third-order valence-electron chi connectivity index (χ3n) is 6.75. The van der Waals surface area contributed by atoms with Crippen LogP contribution in [0.4, 0.5) is 0 Å². The highest BCUT2D eigenvalue weighted by Crippen LogP contribution is 2.39. The van der Waals surface area contributed by atoms with E-state index in [1.807, 2.05) is 0 Å². The van der Waals surface area contributed by atoms with Gasteiger partial charge in [-0.3, -0.25) is 0 Å². The molecule has 4 aromatic rings. The minimum atomic E-state index is 1.06. The predicted molar refractivity (Wildman–Crippen MR) is 149 cm³/mol. The van der Waals surface area contributed by atoms with Crippen LogP contribution in [0.2, 0.25) is 0 Å². The van der Waals surface area contributed by atoms with E-state index < -0.39 is 0 Å². The zero-order valence-electron chi connectivity index (χ0n) is 21.3. The average Bonchev–Trinajstić information content (AvgIpc) is 2.77. The first-order valence-corrected chi connectivity index (χ1v) is 11.9. The van der Waals surface area contributed by atoms with Crippen molar-refractivity contribution >= 4 is 11.1 Å². The Morgan fingerprint density at radius 2 is 0.765 bits per heavy atom. The molecule has 0 aliphatic heterocycles. The van der Waals surface area contributed by atoms with Gasteiger partial charge < -0.3 is 0 Å². The molecule has 0 heteroatoms. The van der Waals surface area contributed by atoms with E-state index in [1.54, 1.807) is 0 Å². The fourth-order valence-corrected chi connectivity index (χ4v) is 5.54. The van der Waals surface area contributed by atoms with E-state index in [-0.39, 0.29) is 0 Å². The van der Waals surface area contributed by atoms with Gasteiger partial charge in [-0.2, -0.15) is 0 Å². The number of rotatable bonds is 5.